The molecule has 7 heteroatoms. The molecule has 0 atom stereocenters. The normalized spacial score (nSPS) is 20.2. The Balaban J connectivity index is 1.39. The molecule has 3 rings (SSSR count). The SMILES string of the molecule is Cc1noc(C)c1CCNC(=O)C1CCC(Nc2cnccn2)CC1. The molecule has 1 saturated carbocycles. The zero-order valence-electron chi connectivity index (χ0n) is 14.8. The van der Waals surface area contributed by atoms with Gasteiger partial charge in [0, 0.05) is 36.5 Å². The van der Waals surface area contributed by atoms with E-state index in [2.05, 4.69) is 25.8 Å². The topological polar surface area (TPSA) is 92.9 Å². The Morgan fingerprint density at radius 2 is 2.04 bits per heavy atom. The molecule has 0 radical (unpaired) electrons. The summed E-state index contributed by atoms with van der Waals surface area (Å²) >= 11 is 0. The van der Waals surface area contributed by atoms with Gasteiger partial charge in [-0.3, -0.25) is 9.78 Å². The summed E-state index contributed by atoms with van der Waals surface area (Å²) < 4.78 is 5.15. The van der Waals surface area contributed by atoms with E-state index in [9.17, 15) is 4.79 Å². The Morgan fingerprint density at radius 1 is 1.24 bits per heavy atom. The minimum absolute atomic E-state index is 0.101. The van der Waals surface area contributed by atoms with Crippen LogP contribution in [0.25, 0.3) is 0 Å². The first-order valence-corrected chi connectivity index (χ1v) is 8.85. The van der Waals surface area contributed by atoms with Gasteiger partial charge in [-0.05, 0) is 46.0 Å². The number of nitrogens with zero attached hydrogens (tertiary/aromatic N) is 3. The Morgan fingerprint density at radius 3 is 2.68 bits per heavy atom. The summed E-state index contributed by atoms with van der Waals surface area (Å²) in [6, 6.07) is 0.364. The molecule has 2 aromatic heterocycles. The van der Waals surface area contributed by atoms with Crippen LogP contribution in [0.2, 0.25) is 0 Å². The molecule has 7 nitrogen and oxygen atoms in total. The van der Waals surface area contributed by atoms with Gasteiger partial charge in [0.25, 0.3) is 0 Å². The predicted molar refractivity (Wildman–Crippen MR) is 94.1 cm³/mol. The number of aromatic nitrogens is 3. The van der Waals surface area contributed by atoms with Crippen molar-refractivity contribution in [3.05, 3.63) is 35.6 Å². The van der Waals surface area contributed by atoms with E-state index < -0.39 is 0 Å². The van der Waals surface area contributed by atoms with Gasteiger partial charge in [-0.15, -0.1) is 0 Å². The fraction of sp³-hybridized carbons (Fsp3) is 0.556. The summed E-state index contributed by atoms with van der Waals surface area (Å²) in [6.07, 6.45) is 9.57. The maximum absolute atomic E-state index is 12.4. The van der Waals surface area contributed by atoms with Crippen molar-refractivity contribution in [1.82, 2.24) is 20.4 Å². The Bertz CT molecular complexity index is 673. The number of aryl methyl sites for hydroxylation is 2. The summed E-state index contributed by atoms with van der Waals surface area (Å²) in [7, 11) is 0. The molecular weight excluding hydrogens is 318 g/mol. The summed E-state index contributed by atoms with van der Waals surface area (Å²) in [5, 5.41) is 10.4. The molecule has 25 heavy (non-hydrogen) atoms. The average Bonchev–Trinajstić information content (AvgIpc) is 2.95. The van der Waals surface area contributed by atoms with E-state index >= 15 is 0 Å². The van der Waals surface area contributed by atoms with Gasteiger partial charge < -0.3 is 15.2 Å². The van der Waals surface area contributed by atoms with Gasteiger partial charge in [-0.25, -0.2) is 4.98 Å². The van der Waals surface area contributed by atoms with Crippen LogP contribution < -0.4 is 10.6 Å². The minimum atomic E-state index is 0.101. The molecule has 0 aliphatic heterocycles. The second-order valence-electron chi connectivity index (χ2n) is 6.63. The molecular formula is C18H25N5O2. The molecule has 0 spiro atoms. The maximum atomic E-state index is 12.4. The zero-order valence-corrected chi connectivity index (χ0v) is 14.8. The first-order chi connectivity index (χ1) is 12.1. The molecule has 0 unspecified atom stereocenters. The van der Waals surface area contributed by atoms with Gasteiger partial charge in [-0.2, -0.15) is 0 Å². The lowest BCUT2D eigenvalue weighted by molar-refractivity contribution is -0.125. The van der Waals surface area contributed by atoms with Crippen LogP contribution in [-0.4, -0.2) is 33.6 Å². The summed E-state index contributed by atoms with van der Waals surface area (Å²) in [6.45, 7) is 4.46. The predicted octanol–water partition coefficient (Wildman–Crippen LogP) is 2.41. The molecule has 0 aromatic carbocycles. The lowest BCUT2D eigenvalue weighted by Crippen LogP contribution is -2.36. The molecule has 0 saturated heterocycles. The zero-order chi connectivity index (χ0) is 17.6. The number of carbonyl (C=O) groups is 1. The largest absolute Gasteiger partial charge is 0.366 e. The molecule has 2 aromatic rings. The number of hydrogen-bond donors (Lipinski definition) is 2. The third kappa shape index (κ3) is 4.55. The van der Waals surface area contributed by atoms with E-state index in [0.29, 0.717) is 12.6 Å². The fourth-order valence-corrected chi connectivity index (χ4v) is 3.40. The average molecular weight is 343 g/mol. The molecule has 1 amide bonds. The molecule has 1 aliphatic carbocycles. The highest BCUT2D eigenvalue weighted by Crippen LogP contribution is 2.26. The van der Waals surface area contributed by atoms with Crippen LogP contribution in [-0.2, 0) is 11.2 Å². The second-order valence-corrected chi connectivity index (χ2v) is 6.63. The minimum Gasteiger partial charge on any atom is -0.366 e. The number of anilines is 1. The van der Waals surface area contributed by atoms with Crippen LogP contribution in [0, 0.1) is 19.8 Å². The molecule has 2 heterocycles. The fourth-order valence-electron chi connectivity index (χ4n) is 3.40. The highest BCUT2D eigenvalue weighted by atomic mass is 16.5. The summed E-state index contributed by atoms with van der Waals surface area (Å²) in [4.78, 5) is 20.7. The van der Waals surface area contributed by atoms with E-state index in [1.165, 1.54) is 0 Å². The second kappa shape index (κ2) is 8.09. The van der Waals surface area contributed by atoms with E-state index in [-0.39, 0.29) is 11.8 Å². The van der Waals surface area contributed by atoms with Gasteiger partial charge in [0.05, 0.1) is 11.9 Å². The van der Waals surface area contributed by atoms with Gasteiger partial charge in [0.2, 0.25) is 5.91 Å². The van der Waals surface area contributed by atoms with Crippen molar-refractivity contribution in [2.75, 3.05) is 11.9 Å². The Labute approximate surface area is 147 Å². The molecule has 0 bridgehead atoms. The third-order valence-electron chi connectivity index (χ3n) is 4.87. The van der Waals surface area contributed by atoms with Crippen molar-refractivity contribution in [3.8, 4) is 0 Å². The number of nitrogens with one attached hydrogen (secondary N) is 2. The third-order valence-corrected chi connectivity index (χ3v) is 4.87. The van der Waals surface area contributed by atoms with Crippen molar-refractivity contribution >= 4 is 11.7 Å². The van der Waals surface area contributed by atoms with Gasteiger partial charge in [-0.1, -0.05) is 5.16 Å². The van der Waals surface area contributed by atoms with Crippen LogP contribution in [0.4, 0.5) is 5.82 Å². The van der Waals surface area contributed by atoms with Crippen LogP contribution in [0.5, 0.6) is 0 Å². The highest BCUT2D eigenvalue weighted by molar-refractivity contribution is 5.78. The Kier molecular flexibility index (Phi) is 5.63. The maximum Gasteiger partial charge on any atom is 0.223 e. The van der Waals surface area contributed by atoms with Crippen LogP contribution >= 0.6 is 0 Å². The van der Waals surface area contributed by atoms with Crippen molar-refractivity contribution in [2.45, 2.75) is 52.0 Å². The number of hydrogen-bond acceptors (Lipinski definition) is 6. The smallest absolute Gasteiger partial charge is 0.223 e. The summed E-state index contributed by atoms with van der Waals surface area (Å²) in [5.41, 5.74) is 2.00. The quantitative estimate of drug-likeness (QED) is 0.837. The van der Waals surface area contributed by atoms with Gasteiger partial charge >= 0.3 is 0 Å². The van der Waals surface area contributed by atoms with Crippen molar-refractivity contribution in [3.63, 3.8) is 0 Å². The molecule has 134 valence electrons. The number of amides is 1. The van der Waals surface area contributed by atoms with E-state index in [4.69, 9.17) is 4.52 Å². The van der Waals surface area contributed by atoms with Crippen LogP contribution in [0.3, 0.4) is 0 Å². The lowest BCUT2D eigenvalue weighted by Gasteiger charge is -2.28. The van der Waals surface area contributed by atoms with Crippen LogP contribution in [0.1, 0.15) is 42.7 Å². The van der Waals surface area contributed by atoms with Crippen LogP contribution in [0.15, 0.2) is 23.1 Å². The first-order valence-electron chi connectivity index (χ1n) is 8.85. The van der Waals surface area contributed by atoms with E-state index in [1.54, 1.807) is 18.6 Å². The van der Waals surface area contributed by atoms with E-state index in [1.807, 2.05) is 13.8 Å². The van der Waals surface area contributed by atoms with Gasteiger partial charge in [0.15, 0.2) is 0 Å². The van der Waals surface area contributed by atoms with Gasteiger partial charge in [0.1, 0.15) is 11.6 Å². The summed E-state index contributed by atoms with van der Waals surface area (Å²) in [5.74, 6) is 1.89. The lowest BCUT2D eigenvalue weighted by atomic mass is 9.85. The number of rotatable bonds is 6. The van der Waals surface area contributed by atoms with E-state index in [0.717, 1.165) is 54.9 Å². The molecule has 1 fully saturated rings. The first kappa shape index (κ1) is 17.4. The monoisotopic (exact) mass is 343 g/mol. The Hall–Kier alpha value is -2.44. The van der Waals surface area contributed by atoms with Crippen molar-refractivity contribution < 1.29 is 9.32 Å². The van der Waals surface area contributed by atoms with Crippen molar-refractivity contribution in [2.24, 2.45) is 5.92 Å². The van der Waals surface area contributed by atoms with Crippen molar-refractivity contribution in [1.29, 1.82) is 0 Å². The molecule has 1 aliphatic rings. The number of carbonyl (C=O) groups excluding carboxylic acids is 1. The standard InChI is InChI=1S/C18H25N5O2/c1-12-16(13(2)25-23-12)7-8-21-18(24)14-3-5-15(6-4-14)22-17-11-19-9-10-20-17/h9-11,14-15H,3-8H2,1-2H3,(H,20,22)(H,21,24). The highest BCUT2D eigenvalue weighted by Gasteiger charge is 2.26. The molecule has 2 N–H and O–H groups in total.